The Morgan fingerprint density at radius 3 is 2.70 bits per heavy atom. The normalized spacial score (nSPS) is 17.7. The predicted molar refractivity (Wildman–Crippen MR) is 96.8 cm³/mol. The fourth-order valence-electron chi connectivity index (χ4n) is 3.53. The quantitative estimate of drug-likeness (QED) is 0.706. The number of halogens is 1. The Balaban J connectivity index is 1.36. The molecule has 0 spiro atoms. The first kappa shape index (κ1) is 16.2. The van der Waals surface area contributed by atoms with Gasteiger partial charge in [0, 0.05) is 25.6 Å². The van der Waals surface area contributed by atoms with Gasteiger partial charge >= 0.3 is 0 Å². The van der Waals surface area contributed by atoms with Crippen LogP contribution in [0.25, 0.3) is 5.65 Å². The number of hydrogen-bond donors (Lipinski definition) is 0. The monoisotopic (exact) mass is 366 g/mol. The summed E-state index contributed by atoms with van der Waals surface area (Å²) in [5.74, 6) is 0.287. The molecule has 0 N–H and O–H groups in total. The molecule has 2 aliphatic rings. The minimum absolute atomic E-state index is 0.0491. The van der Waals surface area contributed by atoms with Crippen LogP contribution in [0.4, 0.5) is 10.1 Å². The van der Waals surface area contributed by atoms with E-state index in [1.54, 1.807) is 23.0 Å². The number of anilines is 1. The van der Waals surface area contributed by atoms with Crippen molar-refractivity contribution in [2.24, 2.45) is 0 Å². The van der Waals surface area contributed by atoms with E-state index in [1.165, 1.54) is 12.1 Å². The Bertz CT molecular complexity index is 997. The highest BCUT2D eigenvalue weighted by atomic mass is 19.1. The van der Waals surface area contributed by atoms with Crippen LogP contribution in [-0.4, -0.2) is 50.3 Å². The van der Waals surface area contributed by atoms with Crippen molar-refractivity contribution >= 4 is 17.2 Å². The van der Waals surface area contributed by atoms with Gasteiger partial charge in [-0.15, -0.1) is 10.2 Å². The minimum atomic E-state index is -0.267. The van der Waals surface area contributed by atoms with Crippen molar-refractivity contribution < 1.29 is 9.18 Å². The number of carbonyl (C=O) groups is 1. The number of piperazine rings is 1. The molecule has 1 saturated carbocycles. The van der Waals surface area contributed by atoms with Gasteiger partial charge in [0.25, 0.3) is 0 Å². The summed E-state index contributed by atoms with van der Waals surface area (Å²) < 4.78 is 14.8. The zero-order valence-corrected chi connectivity index (χ0v) is 14.8. The number of hydrogen-bond acceptors (Lipinski definition) is 5. The molecule has 8 heteroatoms. The number of rotatable bonds is 4. The molecule has 0 radical (unpaired) electrons. The third-order valence-corrected chi connectivity index (χ3v) is 5.21. The van der Waals surface area contributed by atoms with Crippen LogP contribution >= 0.6 is 0 Å². The molecular formula is C19H19FN6O. The molecule has 1 amide bonds. The summed E-state index contributed by atoms with van der Waals surface area (Å²) in [5, 5.41) is 12.7. The van der Waals surface area contributed by atoms with E-state index < -0.39 is 0 Å². The second-order valence-corrected chi connectivity index (χ2v) is 7.19. The molecule has 1 saturated heterocycles. The summed E-state index contributed by atoms with van der Waals surface area (Å²) >= 11 is 0. The van der Waals surface area contributed by atoms with E-state index in [2.05, 4.69) is 26.3 Å². The second-order valence-electron chi connectivity index (χ2n) is 7.19. The van der Waals surface area contributed by atoms with Gasteiger partial charge in [-0.2, -0.15) is 9.61 Å². The van der Waals surface area contributed by atoms with Crippen LogP contribution in [-0.2, 0) is 11.3 Å². The molecule has 27 heavy (non-hydrogen) atoms. The van der Waals surface area contributed by atoms with Gasteiger partial charge in [0.1, 0.15) is 12.1 Å². The zero-order valence-electron chi connectivity index (χ0n) is 14.8. The summed E-state index contributed by atoms with van der Waals surface area (Å²) in [6.45, 7) is 2.11. The molecule has 0 unspecified atom stereocenters. The van der Waals surface area contributed by atoms with Crippen molar-refractivity contribution in [2.75, 3.05) is 24.5 Å². The maximum absolute atomic E-state index is 13.1. The van der Waals surface area contributed by atoms with Crippen LogP contribution in [0.15, 0.2) is 36.7 Å². The zero-order chi connectivity index (χ0) is 18.4. The summed E-state index contributed by atoms with van der Waals surface area (Å²) in [6, 6.07) is 8.35. The summed E-state index contributed by atoms with van der Waals surface area (Å²) in [5.41, 5.74) is 3.56. The Labute approximate surface area is 155 Å². The van der Waals surface area contributed by atoms with Crippen molar-refractivity contribution in [1.82, 2.24) is 24.7 Å². The van der Waals surface area contributed by atoms with Gasteiger partial charge in [-0.3, -0.25) is 4.79 Å². The summed E-state index contributed by atoms with van der Waals surface area (Å²) in [6.07, 6.45) is 3.92. The Morgan fingerprint density at radius 1 is 1.15 bits per heavy atom. The first-order valence-electron chi connectivity index (χ1n) is 9.15. The molecule has 0 bridgehead atoms. The first-order chi connectivity index (χ1) is 13.2. The number of carbonyl (C=O) groups excluding carboxylic acids is 1. The molecule has 1 aliphatic heterocycles. The number of benzene rings is 1. The lowest BCUT2D eigenvalue weighted by Gasteiger charge is -2.35. The van der Waals surface area contributed by atoms with Gasteiger partial charge in [0.2, 0.25) is 11.6 Å². The van der Waals surface area contributed by atoms with Crippen molar-refractivity contribution in [2.45, 2.75) is 25.3 Å². The highest BCUT2D eigenvalue weighted by Gasteiger charge is 2.30. The Kier molecular flexibility index (Phi) is 3.77. The molecule has 1 aliphatic carbocycles. The fourth-order valence-corrected chi connectivity index (χ4v) is 3.53. The van der Waals surface area contributed by atoms with Crippen LogP contribution in [0.5, 0.6) is 0 Å². The molecule has 138 valence electrons. The molecule has 3 heterocycles. The van der Waals surface area contributed by atoms with E-state index in [0.717, 1.165) is 29.8 Å². The number of fused-ring (bicyclic) bond motifs is 1. The number of aromatic nitrogens is 4. The largest absolute Gasteiger partial charge is 0.357 e. The van der Waals surface area contributed by atoms with Gasteiger partial charge < -0.3 is 9.80 Å². The molecular weight excluding hydrogens is 347 g/mol. The molecule has 5 rings (SSSR count). The molecule has 7 nitrogen and oxygen atoms in total. The second kappa shape index (κ2) is 6.29. The van der Waals surface area contributed by atoms with Crippen LogP contribution in [0, 0.1) is 5.82 Å². The van der Waals surface area contributed by atoms with Crippen LogP contribution in [0.2, 0.25) is 0 Å². The van der Waals surface area contributed by atoms with Crippen molar-refractivity contribution in [3.05, 3.63) is 53.7 Å². The van der Waals surface area contributed by atoms with E-state index in [0.29, 0.717) is 31.2 Å². The van der Waals surface area contributed by atoms with Crippen LogP contribution in [0.3, 0.4) is 0 Å². The number of amides is 1. The maximum atomic E-state index is 13.1. The van der Waals surface area contributed by atoms with Crippen LogP contribution < -0.4 is 4.90 Å². The third-order valence-electron chi connectivity index (χ3n) is 5.21. The minimum Gasteiger partial charge on any atom is -0.357 e. The molecule has 3 aromatic rings. The van der Waals surface area contributed by atoms with Crippen molar-refractivity contribution in [1.29, 1.82) is 0 Å². The summed E-state index contributed by atoms with van der Waals surface area (Å²) in [4.78, 5) is 16.6. The Morgan fingerprint density at radius 2 is 1.96 bits per heavy atom. The van der Waals surface area contributed by atoms with E-state index in [4.69, 9.17) is 0 Å². The average Bonchev–Trinajstić information content (AvgIpc) is 3.42. The van der Waals surface area contributed by atoms with Gasteiger partial charge in [-0.25, -0.2) is 4.39 Å². The molecule has 1 aromatic carbocycles. The van der Waals surface area contributed by atoms with Gasteiger partial charge in [0.15, 0.2) is 0 Å². The fraction of sp³-hybridized carbons (Fsp3) is 0.368. The van der Waals surface area contributed by atoms with E-state index in [1.807, 2.05) is 4.90 Å². The van der Waals surface area contributed by atoms with Gasteiger partial charge in [-0.1, -0.05) is 12.1 Å². The van der Waals surface area contributed by atoms with Crippen molar-refractivity contribution in [3.8, 4) is 0 Å². The average molecular weight is 366 g/mol. The van der Waals surface area contributed by atoms with Crippen LogP contribution in [0.1, 0.15) is 30.0 Å². The SMILES string of the molecule is O=C1CN(c2cc(C3CC3)nn3cnnc23)CCN1Cc1ccc(F)cc1. The number of nitrogens with zero attached hydrogens (tertiary/aromatic N) is 6. The Hall–Kier alpha value is -3.03. The van der Waals surface area contributed by atoms with E-state index in [-0.39, 0.29) is 18.3 Å². The van der Waals surface area contributed by atoms with Crippen molar-refractivity contribution in [3.63, 3.8) is 0 Å². The predicted octanol–water partition coefficient (Wildman–Crippen LogP) is 1.99. The topological polar surface area (TPSA) is 66.6 Å². The van der Waals surface area contributed by atoms with E-state index in [9.17, 15) is 9.18 Å². The molecule has 2 aromatic heterocycles. The highest BCUT2D eigenvalue weighted by Crippen LogP contribution is 2.40. The maximum Gasteiger partial charge on any atom is 0.242 e. The molecule has 0 atom stereocenters. The summed E-state index contributed by atoms with van der Waals surface area (Å²) in [7, 11) is 0. The third kappa shape index (κ3) is 3.11. The highest BCUT2D eigenvalue weighted by molar-refractivity contribution is 5.85. The lowest BCUT2D eigenvalue weighted by atomic mass is 10.1. The lowest BCUT2D eigenvalue weighted by Crippen LogP contribution is -2.50. The lowest BCUT2D eigenvalue weighted by molar-refractivity contribution is -0.131. The standard InChI is InChI=1S/C19H19FN6O/c20-15-5-1-13(2-6-15)10-25-8-7-24(11-18(25)27)17-9-16(14-3-4-14)23-26-12-21-22-19(17)26/h1-2,5-6,9,12,14H,3-4,7-8,10-11H2. The first-order valence-corrected chi connectivity index (χ1v) is 9.15. The van der Waals surface area contributed by atoms with Gasteiger partial charge in [0.05, 0.1) is 17.9 Å². The smallest absolute Gasteiger partial charge is 0.242 e. The molecule has 2 fully saturated rings. The van der Waals surface area contributed by atoms with E-state index >= 15 is 0 Å². The van der Waals surface area contributed by atoms with Gasteiger partial charge in [-0.05, 0) is 36.6 Å².